The van der Waals surface area contributed by atoms with E-state index in [4.69, 9.17) is 22.4 Å². The molecule has 0 spiro atoms. The molecule has 0 aliphatic carbocycles. The zero-order valence-corrected chi connectivity index (χ0v) is 9.59. The van der Waals surface area contributed by atoms with E-state index in [9.17, 15) is 0 Å². The van der Waals surface area contributed by atoms with E-state index in [1.165, 1.54) is 24.0 Å². The van der Waals surface area contributed by atoms with Gasteiger partial charge in [-0.2, -0.15) is 5.10 Å². The van der Waals surface area contributed by atoms with Crippen LogP contribution in [0.5, 0.6) is 5.75 Å². The van der Waals surface area contributed by atoms with Crippen LogP contribution in [0, 0.1) is 0 Å². The van der Waals surface area contributed by atoms with Crippen molar-refractivity contribution in [1.29, 1.82) is 0 Å². The van der Waals surface area contributed by atoms with Gasteiger partial charge in [-0.3, -0.25) is 0 Å². The molecule has 0 fully saturated rings. The molecule has 0 bridgehead atoms. The summed E-state index contributed by atoms with van der Waals surface area (Å²) in [6.07, 6.45) is 3.32. The van der Waals surface area contributed by atoms with Gasteiger partial charge in [0, 0.05) is 0 Å². The van der Waals surface area contributed by atoms with Crippen molar-refractivity contribution in [1.82, 2.24) is 0 Å². The first-order valence-electron chi connectivity index (χ1n) is 4.02. The molecular weight excluding hydrogens is 234 g/mol. The number of hydrogen-bond acceptors (Lipinski definition) is 4. The summed E-state index contributed by atoms with van der Waals surface area (Å²) < 4.78 is 0. The van der Waals surface area contributed by atoms with E-state index in [1.807, 2.05) is 6.26 Å². The minimum absolute atomic E-state index is 0.0425. The number of thioether (sulfide) groups is 1. The first-order valence-corrected chi connectivity index (χ1v) is 5.62. The quantitative estimate of drug-likeness (QED) is 0.475. The maximum atomic E-state index is 9.17. The van der Waals surface area contributed by atoms with Gasteiger partial charge < -0.3 is 10.8 Å². The number of nitrogens with two attached hydrogens (primary N) is 1. The average Bonchev–Trinajstić information content (AvgIpc) is 2.23. The van der Waals surface area contributed by atoms with Crippen LogP contribution in [-0.2, 0) is 0 Å². The summed E-state index contributed by atoms with van der Waals surface area (Å²) in [6, 6.07) is 4.76. The lowest BCUT2D eigenvalue weighted by molar-refractivity contribution is 0.475. The molecule has 6 heteroatoms. The Bertz CT molecular complexity index is 406. The minimum Gasteiger partial charge on any atom is -0.506 e. The number of rotatable bonds is 2. The van der Waals surface area contributed by atoms with Gasteiger partial charge in [0.2, 0.25) is 0 Å². The molecule has 0 saturated heterocycles. The van der Waals surface area contributed by atoms with E-state index in [0.717, 1.165) is 5.56 Å². The summed E-state index contributed by atoms with van der Waals surface area (Å²) in [5.74, 6) is 0.0425. The summed E-state index contributed by atoms with van der Waals surface area (Å²) in [6.45, 7) is 0. The molecule has 4 nitrogen and oxygen atoms in total. The maximum Gasteiger partial charge on any atom is 0.180 e. The van der Waals surface area contributed by atoms with Crippen LogP contribution >= 0.6 is 23.4 Å². The zero-order valence-electron chi connectivity index (χ0n) is 8.01. The second kappa shape index (κ2) is 5.63. The Labute approximate surface area is 96.8 Å². The predicted molar refractivity (Wildman–Crippen MR) is 65.8 cm³/mol. The van der Waals surface area contributed by atoms with Gasteiger partial charge in [-0.05, 0) is 30.0 Å². The fourth-order valence-corrected chi connectivity index (χ4v) is 1.11. The second-order valence-corrected chi connectivity index (χ2v) is 3.83. The van der Waals surface area contributed by atoms with Crippen LogP contribution in [0.1, 0.15) is 5.56 Å². The lowest BCUT2D eigenvalue weighted by Gasteiger charge is -1.96. The van der Waals surface area contributed by atoms with Gasteiger partial charge in [-0.1, -0.05) is 23.4 Å². The smallest absolute Gasteiger partial charge is 0.180 e. The zero-order chi connectivity index (χ0) is 11.3. The summed E-state index contributed by atoms with van der Waals surface area (Å²) in [7, 11) is 0. The molecule has 0 amide bonds. The van der Waals surface area contributed by atoms with Crippen molar-refractivity contribution in [3.05, 3.63) is 28.8 Å². The van der Waals surface area contributed by atoms with Gasteiger partial charge >= 0.3 is 0 Å². The van der Waals surface area contributed by atoms with Crippen molar-refractivity contribution in [2.75, 3.05) is 6.26 Å². The summed E-state index contributed by atoms with van der Waals surface area (Å²) in [5, 5.41) is 17.3. The number of phenolic OH excluding ortho intramolecular Hbond substituents is 1. The van der Waals surface area contributed by atoms with Crippen LogP contribution in [0.15, 0.2) is 28.4 Å². The van der Waals surface area contributed by atoms with E-state index < -0.39 is 0 Å². The lowest BCUT2D eigenvalue weighted by Crippen LogP contribution is -2.03. The summed E-state index contributed by atoms with van der Waals surface area (Å²) in [4.78, 5) is 0. The van der Waals surface area contributed by atoms with Gasteiger partial charge in [-0.25, -0.2) is 0 Å². The van der Waals surface area contributed by atoms with Gasteiger partial charge in [0.05, 0.1) is 11.2 Å². The van der Waals surface area contributed by atoms with E-state index in [-0.39, 0.29) is 10.8 Å². The average molecular weight is 244 g/mol. The molecule has 80 valence electrons. The third kappa shape index (κ3) is 3.81. The number of amidine groups is 1. The number of halogens is 1. The molecule has 0 unspecified atom stereocenters. The van der Waals surface area contributed by atoms with Gasteiger partial charge in [0.25, 0.3) is 0 Å². The van der Waals surface area contributed by atoms with Crippen LogP contribution in [0.3, 0.4) is 0 Å². The van der Waals surface area contributed by atoms with Crippen LogP contribution in [0.2, 0.25) is 5.02 Å². The minimum atomic E-state index is 0.0425. The largest absolute Gasteiger partial charge is 0.506 e. The number of phenols is 1. The molecule has 0 heterocycles. The van der Waals surface area contributed by atoms with Gasteiger partial charge in [0.1, 0.15) is 5.75 Å². The molecule has 0 aliphatic heterocycles. The highest BCUT2D eigenvalue weighted by molar-refractivity contribution is 8.13. The van der Waals surface area contributed by atoms with Crippen molar-refractivity contribution < 1.29 is 5.11 Å². The highest BCUT2D eigenvalue weighted by Crippen LogP contribution is 2.22. The molecule has 15 heavy (non-hydrogen) atoms. The molecule has 1 aromatic carbocycles. The van der Waals surface area contributed by atoms with Crippen molar-refractivity contribution in [3.8, 4) is 5.75 Å². The molecule has 0 radical (unpaired) electrons. The number of benzene rings is 1. The van der Waals surface area contributed by atoms with E-state index in [1.54, 1.807) is 12.1 Å². The van der Waals surface area contributed by atoms with E-state index >= 15 is 0 Å². The van der Waals surface area contributed by atoms with Crippen molar-refractivity contribution in [2.45, 2.75) is 0 Å². The number of aromatic hydroxyl groups is 1. The Kier molecular flexibility index (Phi) is 4.45. The fourth-order valence-electron chi connectivity index (χ4n) is 0.797. The van der Waals surface area contributed by atoms with Crippen LogP contribution in [0.4, 0.5) is 0 Å². The fraction of sp³-hybridized carbons (Fsp3) is 0.111. The topological polar surface area (TPSA) is 71.0 Å². The third-order valence-corrected chi connectivity index (χ3v) is 2.35. The molecule has 0 atom stereocenters. The van der Waals surface area contributed by atoms with E-state index in [2.05, 4.69) is 10.2 Å². The Morgan fingerprint density at radius 3 is 2.93 bits per heavy atom. The first kappa shape index (κ1) is 11.9. The third-order valence-electron chi connectivity index (χ3n) is 1.54. The summed E-state index contributed by atoms with van der Waals surface area (Å²) >= 11 is 7.02. The first-order chi connectivity index (χ1) is 7.13. The molecular formula is C9H10ClN3OS. The highest BCUT2D eigenvalue weighted by Gasteiger charge is 1.97. The normalized spacial score (nSPS) is 12.3. The maximum absolute atomic E-state index is 9.17. The molecule has 0 aliphatic rings. The lowest BCUT2D eigenvalue weighted by atomic mass is 10.2. The molecule has 1 aromatic rings. The van der Waals surface area contributed by atoms with Crippen molar-refractivity contribution >= 4 is 34.7 Å². The van der Waals surface area contributed by atoms with E-state index in [0.29, 0.717) is 5.17 Å². The Hall–Kier alpha value is -1.20. The van der Waals surface area contributed by atoms with Gasteiger partial charge in [0.15, 0.2) is 5.17 Å². The molecule has 1 rings (SSSR count). The van der Waals surface area contributed by atoms with Crippen LogP contribution in [0.25, 0.3) is 0 Å². The number of nitrogens with zero attached hydrogens (tertiary/aromatic N) is 2. The molecule has 0 saturated carbocycles. The Balaban J connectivity index is 2.77. The van der Waals surface area contributed by atoms with Crippen LogP contribution < -0.4 is 5.73 Å². The van der Waals surface area contributed by atoms with Crippen molar-refractivity contribution in [2.24, 2.45) is 15.9 Å². The van der Waals surface area contributed by atoms with Crippen molar-refractivity contribution in [3.63, 3.8) is 0 Å². The highest BCUT2D eigenvalue weighted by atomic mass is 35.5. The Morgan fingerprint density at radius 1 is 1.60 bits per heavy atom. The predicted octanol–water partition coefficient (Wildman–Crippen LogP) is 2.06. The Morgan fingerprint density at radius 2 is 2.33 bits per heavy atom. The molecule has 3 N–H and O–H groups in total. The molecule has 0 aromatic heterocycles. The SMILES string of the molecule is CS/C(N)=N/N=C\c1ccc(O)c(Cl)c1. The number of hydrogen-bond donors (Lipinski definition) is 2. The summed E-state index contributed by atoms with van der Waals surface area (Å²) in [5.41, 5.74) is 6.17. The van der Waals surface area contributed by atoms with Crippen LogP contribution in [-0.4, -0.2) is 22.7 Å². The monoisotopic (exact) mass is 243 g/mol. The second-order valence-electron chi connectivity index (χ2n) is 2.60. The van der Waals surface area contributed by atoms with Gasteiger partial charge in [-0.15, -0.1) is 5.10 Å². The standard InChI is InChI=1S/C9H10ClN3OS/c1-15-9(11)13-12-5-6-2-3-8(14)7(10)4-6/h2-5,14H,1H3,(H2,11,13)/b12-5-.